The Morgan fingerprint density at radius 2 is 1.84 bits per heavy atom. The average molecular weight is 263 g/mol. The van der Waals surface area contributed by atoms with Gasteiger partial charge in [-0.1, -0.05) is 57.0 Å². The fourth-order valence-electron chi connectivity index (χ4n) is 1.88. The molecule has 1 rings (SSSR count). The third kappa shape index (κ3) is 4.67. The summed E-state index contributed by atoms with van der Waals surface area (Å²) in [6.45, 7) is 8.35. The molecule has 0 saturated heterocycles. The number of carbonyl (C=O) groups excluding carboxylic acids is 1. The van der Waals surface area contributed by atoms with Gasteiger partial charge in [0.25, 0.3) is 0 Å². The highest BCUT2D eigenvalue weighted by Crippen LogP contribution is 2.16. The highest BCUT2D eigenvalue weighted by atomic mass is 16.3. The molecule has 0 aliphatic heterocycles. The van der Waals surface area contributed by atoms with E-state index in [-0.39, 0.29) is 18.4 Å². The van der Waals surface area contributed by atoms with Gasteiger partial charge in [0.15, 0.2) is 0 Å². The van der Waals surface area contributed by atoms with Crippen molar-refractivity contribution in [3.8, 4) is 0 Å². The van der Waals surface area contributed by atoms with Gasteiger partial charge in [0, 0.05) is 12.5 Å². The van der Waals surface area contributed by atoms with Crippen molar-refractivity contribution in [1.29, 1.82) is 0 Å². The van der Waals surface area contributed by atoms with E-state index in [4.69, 9.17) is 0 Å². The topological polar surface area (TPSA) is 49.3 Å². The number of aliphatic hydroxyl groups excluding tert-OH is 1. The standard InChI is InChI=1S/C16H25NO2/c1-5-12(3)13(4)16(19)17-10-15(18)14-8-6-11(2)7-9-14/h6-9,12-13,15,18H,5,10H2,1-4H3,(H,17,19). The van der Waals surface area contributed by atoms with Crippen LogP contribution in [-0.2, 0) is 4.79 Å². The summed E-state index contributed by atoms with van der Waals surface area (Å²) in [6, 6.07) is 7.71. The van der Waals surface area contributed by atoms with E-state index in [0.717, 1.165) is 17.5 Å². The molecule has 19 heavy (non-hydrogen) atoms. The van der Waals surface area contributed by atoms with Crippen LogP contribution in [0.5, 0.6) is 0 Å². The molecule has 0 saturated carbocycles. The minimum atomic E-state index is -0.645. The monoisotopic (exact) mass is 263 g/mol. The van der Waals surface area contributed by atoms with Crippen molar-refractivity contribution in [2.24, 2.45) is 11.8 Å². The maximum absolute atomic E-state index is 11.9. The van der Waals surface area contributed by atoms with Gasteiger partial charge in [0.1, 0.15) is 0 Å². The van der Waals surface area contributed by atoms with E-state index >= 15 is 0 Å². The van der Waals surface area contributed by atoms with Crippen molar-refractivity contribution >= 4 is 5.91 Å². The molecule has 2 N–H and O–H groups in total. The van der Waals surface area contributed by atoms with Gasteiger partial charge in [-0.25, -0.2) is 0 Å². The molecule has 0 aliphatic carbocycles. The Bertz CT molecular complexity index is 400. The van der Waals surface area contributed by atoms with Crippen LogP contribution >= 0.6 is 0 Å². The Kier molecular flexibility index (Phi) is 6.03. The largest absolute Gasteiger partial charge is 0.387 e. The first kappa shape index (κ1) is 15.7. The van der Waals surface area contributed by atoms with E-state index in [2.05, 4.69) is 19.2 Å². The van der Waals surface area contributed by atoms with E-state index in [1.54, 1.807) is 0 Å². The van der Waals surface area contributed by atoms with Gasteiger partial charge < -0.3 is 10.4 Å². The third-order valence-electron chi connectivity index (χ3n) is 3.84. The fourth-order valence-corrected chi connectivity index (χ4v) is 1.88. The lowest BCUT2D eigenvalue weighted by molar-refractivity contribution is -0.126. The molecular weight excluding hydrogens is 238 g/mol. The lowest BCUT2D eigenvalue weighted by Crippen LogP contribution is -2.35. The molecule has 106 valence electrons. The molecule has 3 nitrogen and oxygen atoms in total. The van der Waals surface area contributed by atoms with Gasteiger partial charge in [0.2, 0.25) is 5.91 Å². The molecule has 3 heteroatoms. The van der Waals surface area contributed by atoms with Gasteiger partial charge in [-0.2, -0.15) is 0 Å². The van der Waals surface area contributed by atoms with E-state index in [1.807, 2.05) is 38.1 Å². The zero-order valence-electron chi connectivity index (χ0n) is 12.3. The Hall–Kier alpha value is -1.35. The number of hydrogen-bond donors (Lipinski definition) is 2. The van der Waals surface area contributed by atoms with Crippen LogP contribution in [0, 0.1) is 18.8 Å². The number of rotatable bonds is 6. The zero-order chi connectivity index (χ0) is 14.4. The second-order valence-electron chi connectivity index (χ2n) is 5.35. The number of amides is 1. The Labute approximate surface area is 116 Å². The molecule has 0 bridgehead atoms. The summed E-state index contributed by atoms with van der Waals surface area (Å²) in [5, 5.41) is 12.8. The van der Waals surface area contributed by atoms with Crippen LogP contribution in [0.1, 0.15) is 44.4 Å². The predicted molar refractivity (Wildman–Crippen MR) is 77.8 cm³/mol. The molecule has 3 atom stereocenters. The number of hydrogen-bond acceptors (Lipinski definition) is 2. The summed E-state index contributed by atoms with van der Waals surface area (Å²) in [6.07, 6.45) is 0.337. The highest BCUT2D eigenvalue weighted by Gasteiger charge is 2.19. The summed E-state index contributed by atoms with van der Waals surface area (Å²) in [7, 11) is 0. The van der Waals surface area contributed by atoms with E-state index in [0.29, 0.717) is 5.92 Å². The van der Waals surface area contributed by atoms with Crippen LogP contribution in [0.3, 0.4) is 0 Å². The van der Waals surface area contributed by atoms with Crippen molar-refractivity contribution in [3.05, 3.63) is 35.4 Å². The third-order valence-corrected chi connectivity index (χ3v) is 3.84. The number of carbonyl (C=O) groups is 1. The van der Waals surface area contributed by atoms with Crippen LogP contribution in [0.25, 0.3) is 0 Å². The van der Waals surface area contributed by atoms with Gasteiger partial charge in [-0.3, -0.25) is 4.79 Å². The average Bonchev–Trinajstić information content (AvgIpc) is 2.43. The predicted octanol–water partition coefficient (Wildman–Crippen LogP) is 2.83. The number of benzene rings is 1. The lowest BCUT2D eigenvalue weighted by Gasteiger charge is -2.19. The quantitative estimate of drug-likeness (QED) is 0.829. The van der Waals surface area contributed by atoms with Crippen LogP contribution in [0.4, 0.5) is 0 Å². The van der Waals surface area contributed by atoms with E-state index in [9.17, 15) is 9.90 Å². The van der Waals surface area contributed by atoms with Crippen molar-refractivity contribution in [2.45, 2.75) is 40.2 Å². The maximum Gasteiger partial charge on any atom is 0.223 e. The minimum absolute atomic E-state index is 0.0144. The van der Waals surface area contributed by atoms with E-state index in [1.165, 1.54) is 0 Å². The number of aliphatic hydroxyl groups is 1. The first-order valence-corrected chi connectivity index (χ1v) is 6.98. The first-order valence-electron chi connectivity index (χ1n) is 6.98. The van der Waals surface area contributed by atoms with Crippen molar-refractivity contribution in [2.75, 3.05) is 6.54 Å². The molecular formula is C16H25NO2. The van der Waals surface area contributed by atoms with Crippen molar-refractivity contribution in [3.63, 3.8) is 0 Å². The molecule has 1 aromatic rings. The summed E-state index contributed by atoms with van der Waals surface area (Å²) >= 11 is 0. The Balaban J connectivity index is 2.48. The lowest BCUT2D eigenvalue weighted by atomic mass is 9.93. The van der Waals surface area contributed by atoms with Crippen LogP contribution in [0.15, 0.2) is 24.3 Å². The van der Waals surface area contributed by atoms with Gasteiger partial charge in [-0.15, -0.1) is 0 Å². The summed E-state index contributed by atoms with van der Waals surface area (Å²) in [5.74, 6) is 0.354. The second kappa shape index (κ2) is 7.29. The Morgan fingerprint density at radius 1 is 1.26 bits per heavy atom. The first-order chi connectivity index (χ1) is 8.95. The Morgan fingerprint density at radius 3 is 2.37 bits per heavy atom. The second-order valence-corrected chi connectivity index (χ2v) is 5.35. The molecule has 0 fully saturated rings. The van der Waals surface area contributed by atoms with Crippen LogP contribution < -0.4 is 5.32 Å². The van der Waals surface area contributed by atoms with Gasteiger partial charge in [0.05, 0.1) is 6.10 Å². The molecule has 1 aromatic carbocycles. The summed E-state index contributed by atoms with van der Waals surface area (Å²) in [5.41, 5.74) is 1.99. The molecule has 0 aromatic heterocycles. The molecule has 1 amide bonds. The maximum atomic E-state index is 11.9. The SMILES string of the molecule is CCC(C)C(C)C(=O)NCC(O)c1ccc(C)cc1. The molecule has 0 heterocycles. The summed E-state index contributed by atoms with van der Waals surface area (Å²) in [4.78, 5) is 11.9. The molecule has 0 radical (unpaired) electrons. The van der Waals surface area contributed by atoms with Crippen LogP contribution in [0.2, 0.25) is 0 Å². The summed E-state index contributed by atoms with van der Waals surface area (Å²) < 4.78 is 0. The number of aryl methyl sites for hydroxylation is 1. The van der Waals surface area contributed by atoms with E-state index < -0.39 is 6.10 Å². The smallest absolute Gasteiger partial charge is 0.223 e. The van der Waals surface area contributed by atoms with Crippen molar-refractivity contribution in [1.82, 2.24) is 5.32 Å². The normalized spacial score (nSPS) is 15.6. The molecule has 3 unspecified atom stereocenters. The molecule has 0 aliphatic rings. The zero-order valence-corrected chi connectivity index (χ0v) is 12.3. The van der Waals surface area contributed by atoms with Crippen LogP contribution in [-0.4, -0.2) is 17.6 Å². The number of nitrogens with one attached hydrogen (secondary N) is 1. The molecule has 0 spiro atoms. The minimum Gasteiger partial charge on any atom is -0.387 e. The van der Waals surface area contributed by atoms with Gasteiger partial charge >= 0.3 is 0 Å². The van der Waals surface area contributed by atoms with Gasteiger partial charge in [-0.05, 0) is 18.4 Å². The fraction of sp³-hybridized carbons (Fsp3) is 0.562. The van der Waals surface area contributed by atoms with Crippen molar-refractivity contribution < 1.29 is 9.90 Å². The highest BCUT2D eigenvalue weighted by molar-refractivity contribution is 5.78.